The van der Waals surface area contributed by atoms with Crippen LogP contribution in [0.15, 0.2) is 53.5 Å². The molecule has 5 rings (SSSR count). The number of carbonyl (C=O) groups excluding carboxylic acids is 1. The lowest BCUT2D eigenvalue weighted by Gasteiger charge is -2.39. The molecule has 142 valence electrons. The molecule has 1 saturated carbocycles. The molecule has 1 aliphatic heterocycles. The average molecular weight is 374 g/mol. The molecule has 0 spiro atoms. The van der Waals surface area contributed by atoms with Crippen LogP contribution in [-0.4, -0.2) is 34.6 Å². The highest BCUT2D eigenvalue weighted by Crippen LogP contribution is 2.42. The molecular formula is C22H22N4O2. The Morgan fingerprint density at radius 1 is 1.11 bits per heavy atom. The Balaban J connectivity index is 1.52. The second kappa shape index (κ2) is 6.48. The van der Waals surface area contributed by atoms with Crippen LogP contribution in [0.4, 0.5) is 11.4 Å². The fourth-order valence-corrected chi connectivity index (χ4v) is 4.18. The highest BCUT2D eigenvalue weighted by molar-refractivity contribution is 5.99. The number of para-hydroxylation sites is 3. The molecule has 0 unspecified atom stereocenters. The van der Waals surface area contributed by atoms with Gasteiger partial charge in [-0.3, -0.25) is 14.2 Å². The molecule has 0 atom stereocenters. The minimum Gasteiger partial charge on any atom is -0.365 e. The van der Waals surface area contributed by atoms with Gasteiger partial charge in [-0.05, 0) is 43.5 Å². The molecule has 3 aromatic rings. The molecule has 1 amide bonds. The number of fused-ring (bicyclic) bond motifs is 2. The van der Waals surface area contributed by atoms with Gasteiger partial charge in [0.05, 0.1) is 28.6 Å². The van der Waals surface area contributed by atoms with Gasteiger partial charge in [-0.2, -0.15) is 0 Å². The van der Waals surface area contributed by atoms with E-state index in [1.807, 2.05) is 41.3 Å². The summed E-state index contributed by atoms with van der Waals surface area (Å²) in [6.07, 6.45) is 3.74. The van der Waals surface area contributed by atoms with Crippen LogP contribution in [0.5, 0.6) is 0 Å². The van der Waals surface area contributed by atoms with Crippen molar-refractivity contribution in [3.05, 3.63) is 64.6 Å². The van der Waals surface area contributed by atoms with Crippen molar-refractivity contribution in [1.29, 1.82) is 0 Å². The standard InChI is InChI=1S/C22H22N4O2/c1-15-5-4-8-19-22(15)24(16-9-10-16)11-12-25(19)21(28)14-26-18-7-3-2-6-17(18)23-13-20(26)27/h2-8,13,16H,9-12,14H2,1H3. The molecule has 1 aromatic heterocycles. The van der Waals surface area contributed by atoms with Crippen LogP contribution in [0.2, 0.25) is 0 Å². The highest BCUT2D eigenvalue weighted by atomic mass is 16.2. The van der Waals surface area contributed by atoms with Crippen molar-refractivity contribution in [3.63, 3.8) is 0 Å². The Morgan fingerprint density at radius 2 is 1.93 bits per heavy atom. The molecule has 0 N–H and O–H groups in total. The van der Waals surface area contributed by atoms with Crippen molar-refractivity contribution < 1.29 is 4.79 Å². The van der Waals surface area contributed by atoms with E-state index in [2.05, 4.69) is 22.9 Å². The number of amides is 1. The van der Waals surface area contributed by atoms with Crippen molar-refractivity contribution in [2.24, 2.45) is 0 Å². The van der Waals surface area contributed by atoms with Gasteiger partial charge in [0, 0.05) is 19.1 Å². The fraction of sp³-hybridized carbons (Fsp3) is 0.318. The molecule has 0 saturated heterocycles. The zero-order chi connectivity index (χ0) is 19.3. The zero-order valence-electron chi connectivity index (χ0n) is 15.8. The minimum absolute atomic E-state index is 0.0126. The van der Waals surface area contributed by atoms with Gasteiger partial charge in [-0.15, -0.1) is 0 Å². The van der Waals surface area contributed by atoms with Crippen molar-refractivity contribution in [3.8, 4) is 0 Å². The van der Waals surface area contributed by atoms with Gasteiger partial charge in [0.2, 0.25) is 5.91 Å². The number of hydrogen-bond donors (Lipinski definition) is 0. The van der Waals surface area contributed by atoms with Crippen molar-refractivity contribution in [1.82, 2.24) is 9.55 Å². The summed E-state index contributed by atoms with van der Waals surface area (Å²) in [5, 5.41) is 0. The number of aromatic nitrogens is 2. The van der Waals surface area contributed by atoms with E-state index in [0.29, 0.717) is 23.6 Å². The van der Waals surface area contributed by atoms with Gasteiger partial charge in [0.1, 0.15) is 6.54 Å². The molecule has 1 aliphatic carbocycles. The SMILES string of the molecule is Cc1cccc2c1N(C1CC1)CCN2C(=O)Cn1c(=O)cnc2ccccc21. The summed E-state index contributed by atoms with van der Waals surface area (Å²) in [7, 11) is 0. The number of nitrogens with zero attached hydrogens (tertiary/aromatic N) is 4. The molecule has 0 bridgehead atoms. The first-order chi connectivity index (χ1) is 13.6. The normalized spacial score (nSPS) is 16.3. The van der Waals surface area contributed by atoms with Crippen LogP contribution >= 0.6 is 0 Å². The monoisotopic (exact) mass is 374 g/mol. The maximum absolute atomic E-state index is 13.3. The van der Waals surface area contributed by atoms with Crippen molar-refractivity contribution in [2.45, 2.75) is 32.4 Å². The summed E-state index contributed by atoms with van der Waals surface area (Å²) >= 11 is 0. The van der Waals surface area contributed by atoms with E-state index in [-0.39, 0.29) is 18.0 Å². The largest absolute Gasteiger partial charge is 0.365 e. The number of carbonyl (C=O) groups is 1. The number of aryl methyl sites for hydroxylation is 1. The summed E-state index contributed by atoms with van der Waals surface area (Å²) in [5.41, 5.74) is 4.45. The Labute approximate surface area is 163 Å². The van der Waals surface area contributed by atoms with E-state index in [9.17, 15) is 9.59 Å². The van der Waals surface area contributed by atoms with Crippen LogP contribution in [0, 0.1) is 6.92 Å². The van der Waals surface area contributed by atoms with Crippen molar-refractivity contribution in [2.75, 3.05) is 22.9 Å². The number of benzene rings is 2. The Morgan fingerprint density at radius 3 is 2.75 bits per heavy atom. The summed E-state index contributed by atoms with van der Waals surface area (Å²) in [6, 6.07) is 14.1. The number of hydrogen-bond acceptors (Lipinski definition) is 4. The Kier molecular flexibility index (Phi) is 3.93. The molecule has 0 radical (unpaired) electrons. The molecule has 2 heterocycles. The molecular weight excluding hydrogens is 352 g/mol. The number of anilines is 2. The van der Waals surface area contributed by atoms with Crippen LogP contribution < -0.4 is 15.4 Å². The average Bonchev–Trinajstić information content (AvgIpc) is 3.55. The summed E-state index contributed by atoms with van der Waals surface area (Å²) < 4.78 is 1.52. The van der Waals surface area contributed by atoms with Gasteiger partial charge in [0.15, 0.2) is 0 Å². The van der Waals surface area contributed by atoms with E-state index in [1.54, 1.807) is 0 Å². The predicted octanol–water partition coefficient (Wildman–Crippen LogP) is 2.72. The topological polar surface area (TPSA) is 58.4 Å². The first-order valence-electron chi connectivity index (χ1n) is 9.75. The van der Waals surface area contributed by atoms with Crippen LogP contribution in [0.25, 0.3) is 11.0 Å². The van der Waals surface area contributed by atoms with Crippen LogP contribution in [-0.2, 0) is 11.3 Å². The third kappa shape index (κ3) is 2.76. The van der Waals surface area contributed by atoms with E-state index >= 15 is 0 Å². The Hall–Kier alpha value is -3.15. The minimum atomic E-state index is -0.256. The second-order valence-electron chi connectivity index (χ2n) is 7.58. The Bertz CT molecular complexity index is 1130. The van der Waals surface area contributed by atoms with Gasteiger partial charge < -0.3 is 9.80 Å². The molecule has 28 heavy (non-hydrogen) atoms. The lowest BCUT2D eigenvalue weighted by Crippen LogP contribution is -2.47. The van der Waals surface area contributed by atoms with Crippen LogP contribution in [0.1, 0.15) is 18.4 Å². The smallest absolute Gasteiger partial charge is 0.269 e. The first-order valence-corrected chi connectivity index (χ1v) is 9.75. The molecule has 6 nitrogen and oxygen atoms in total. The third-order valence-electron chi connectivity index (χ3n) is 5.69. The lowest BCUT2D eigenvalue weighted by molar-refractivity contribution is -0.119. The summed E-state index contributed by atoms with van der Waals surface area (Å²) in [6.45, 7) is 3.59. The van der Waals surface area contributed by atoms with Gasteiger partial charge in [-0.1, -0.05) is 24.3 Å². The van der Waals surface area contributed by atoms with Gasteiger partial charge in [0.25, 0.3) is 5.56 Å². The van der Waals surface area contributed by atoms with Gasteiger partial charge in [-0.25, -0.2) is 4.98 Å². The lowest BCUT2D eigenvalue weighted by atomic mass is 10.1. The first kappa shape index (κ1) is 17.0. The molecule has 6 heteroatoms. The van der Waals surface area contributed by atoms with E-state index in [4.69, 9.17) is 0 Å². The molecule has 2 aromatic carbocycles. The maximum atomic E-state index is 13.3. The van der Waals surface area contributed by atoms with E-state index in [1.165, 1.54) is 29.2 Å². The van der Waals surface area contributed by atoms with E-state index in [0.717, 1.165) is 17.9 Å². The molecule has 2 aliphatic rings. The van der Waals surface area contributed by atoms with Crippen molar-refractivity contribution >= 4 is 28.3 Å². The van der Waals surface area contributed by atoms with Crippen LogP contribution in [0.3, 0.4) is 0 Å². The maximum Gasteiger partial charge on any atom is 0.269 e. The molecule has 1 fully saturated rings. The zero-order valence-corrected chi connectivity index (χ0v) is 15.8. The quantitative estimate of drug-likeness (QED) is 0.707. The highest BCUT2D eigenvalue weighted by Gasteiger charge is 2.36. The second-order valence-corrected chi connectivity index (χ2v) is 7.58. The number of rotatable bonds is 3. The van der Waals surface area contributed by atoms with Gasteiger partial charge >= 0.3 is 0 Å². The predicted molar refractivity (Wildman–Crippen MR) is 110 cm³/mol. The fourth-order valence-electron chi connectivity index (χ4n) is 4.18. The summed E-state index contributed by atoms with van der Waals surface area (Å²) in [4.78, 5) is 34.1. The summed E-state index contributed by atoms with van der Waals surface area (Å²) in [5.74, 6) is -0.0687. The third-order valence-corrected chi connectivity index (χ3v) is 5.69. The van der Waals surface area contributed by atoms with E-state index < -0.39 is 0 Å².